The average Bonchev–Trinajstić information content (AvgIpc) is 2.47. The number of nitrogens with zero attached hydrogens (tertiary/aromatic N) is 1. The van der Waals surface area contributed by atoms with E-state index >= 15 is 0 Å². The highest BCUT2D eigenvalue weighted by Gasteiger charge is 2.15. The maximum atomic E-state index is 10.7. The van der Waals surface area contributed by atoms with Gasteiger partial charge in [0.1, 0.15) is 0 Å². The summed E-state index contributed by atoms with van der Waals surface area (Å²) in [5.41, 5.74) is 2.28. The highest BCUT2D eigenvalue weighted by Crippen LogP contribution is 2.27. The van der Waals surface area contributed by atoms with Gasteiger partial charge >= 0.3 is 0 Å². The number of benzene rings is 1. The van der Waals surface area contributed by atoms with E-state index in [0.29, 0.717) is 4.90 Å². The fraction of sp³-hybridized carbons (Fsp3) is 0.333. The molecule has 1 unspecified atom stereocenters. The predicted octanol–water partition coefficient (Wildman–Crippen LogP) is 0.917. The Kier molecular flexibility index (Phi) is 2.09. The van der Waals surface area contributed by atoms with E-state index < -0.39 is 11.1 Å². The van der Waals surface area contributed by atoms with Gasteiger partial charge in [-0.15, -0.1) is 0 Å². The summed E-state index contributed by atoms with van der Waals surface area (Å²) in [7, 11) is 2.01. The van der Waals surface area contributed by atoms with E-state index in [4.69, 9.17) is 0 Å². The molecule has 0 N–H and O–H groups in total. The predicted molar refractivity (Wildman–Crippen MR) is 50.6 cm³/mol. The van der Waals surface area contributed by atoms with Crippen LogP contribution in [0.3, 0.4) is 0 Å². The molecule has 4 heteroatoms. The van der Waals surface area contributed by atoms with Crippen LogP contribution in [-0.2, 0) is 17.5 Å². The van der Waals surface area contributed by atoms with Gasteiger partial charge < -0.3 is 9.45 Å². The van der Waals surface area contributed by atoms with Gasteiger partial charge in [-0.1, -0.05) is 0 Å². The Morgan fingerprint density at radius 3 is 3.00 bits per heavy atom. The summed E-state index contributed by atoms with van der Waals surface area (Å²) in [6, 6.07) is 5.26. The van der Waals surface area contributed by atoms with Crippen LogP contribution in [0.5, 0.6) is 0 Å². The quantitative estimate of drug-likeness (QED) is 0.627. The number of hydrogen-bond acceptors (Lipinski definition) is 3. The summed E-state index contributed by atoms with van der Waals surface area (Å²) in [5, 5.41) is 0. The van der Waals surface area contributed by atoms with E-state index in [-0.39, 0.29) is 0 Å². The van der Waals surface area contributed by atoms with Crippen LogP contribution in [0.1, 0.15) is 5.56 Å². The topological polar surface area (TPSA) is 43.4 Å². The summed E-state index contributed by atoms with van der Waals surface area (Å²) in [6.07, 6.45) is 0.941. The molecule has 0 radical (unpaired) electrons. The number of fused-ring (bicyclic) bond motifs is 1. The van der Waals surface area contributed by atoms with E-state index in [0.717, 1.165) is 24.2 Å². The van der Waals surface area contributed by atoms with Crippen molar-refractivity contribution >= 4 is 16.8 Å². The third-order valence-corrected chi connectivity index (χ3v) is 3.01. The summed E-state index contributed by atoms with van der Waals surface area (Å²) < 4.78 is 21.3. The first kappa shape index (κ1) is 8.72. The lowest BCUT2D eigenvalue weighted by Crippen LogP contribution is -2.12. The molecule has 1 aromatic carbocycles. The van der Waals surface area contributed by atoms with Gasteiger partial charge in [-0.25, -0.2) is 0 Å². The maximum Gasteiger partial charge on any atom is 0.0397 e. The van der Waals surface area contributed by atoms with Crippen molar-refractivity contribution in [3.05, 3.63) is 23.8 Å². The number of anilines is 1. The van der Waals surface area contributed by atoms with Crippen LogP contribution < -0.4 is 4.90 Å². The van der Waals surface area contributed by atoms with Crippen LogP contribution in [-0.4, -0.2) is 22.4 Å². The molecule has 0 aromatic heterocycles. The van der Waals surface area contributed by atoms with E-state index in [2.05, 4.69) is 4.90 Å². The lowest BCUT2D eigenvalue weighted by Gasteiger charge is -2.12. The van der Waals surface area contributed by atoms with Crippen molar-refractivity contribution in [3.8, 4) is 0 Å². The van der Waals surface area contributed by atoms with Crippen molar-refractivity contribution in [1.29, 1.82) is 0 Å². The fourth-order valence-electron chi connectivity index (χ4n) is 1.65. The normalized spacial score (nSPS) is 17.2. The highest BCUT2D eigenvalue weighted by molar-refractivity contribution is 7.79. The van der Waals surface area contributed by atoms with E-state index in [1.807, 2.05) is 13.1 Å². The summed E-state index contributed by atoms with van der Waals surface area (Å²) in [4.78, 5) is 2.52. The second kappa shape index (κ2) is 3.12. The molecule has 13 heavy (non-hydrogen) atoms. The highest BCUT2D eigenvalue weighted by atomic mass is 32.2. The molecule has 0 saturated heterocycles. The van der Waals surface area contributed by atoms with Crippen LogP contribution in [0.25, 0.3) is 0 Å². The standard InChI is InChI=1S/C9H11NO2S/c1-10-5-4-7-6-8(13(11)12)2-3-9(7)10/h2-3,6H,4-5H2,1H3,(H,11,12)/p-1. The Morgan fingerprint density at radius 1 is 1.54 bits per heavy atom. The number of rotatable bonds is 1. The minimum atomic E-state index is -2.10. The molecule has 70 valence electrons. The van der Waals surface area contributed by atoms with Crippen molar-refractivity contribution in [2.75, 3.05) is 18.5 Å². The van der Waals surface area contributed by atoms with Gasteiger partial charge in [0, 0.05) is 24.2 Å². The minimum Gasteiger partial charge on any atom is -0.768 e. The van der Waals surface area contributed by atoms with Crippen LogP contribution in [0.4, 0.5) is 5.69 Å². The molecule has 0 amide bonds. The van der Waals surface area contributed by atoms with Gasteiger partial charge in [-0.2, -0.15) is 0 Å². The van der Waals surface area contributed by atoms with E-state index in [9.17, 15) is 8.76 Å². The number of hydrogen-bond donors (Lipinski definition) is 0. The van der Waals surface area contributed by atoms with Crippen LogP contribution in [0.15, 0.2) is 23.1 Å². The molecule has 0 fully saturated rings. The minimum absolute atomic E-state index is 0.383. The van der Waals surface area contributed by atoms with Crippen molar-refractivity contribution in [3.63, 3.8) is 0 Å². The number of likely N-dealkylation sites (N-methyl/N-ethyl adjacent to an activating group) is 1. The lowest BCUT2D eigenvalue weighted by atomic mass is 10.2. The largest absolute Gasteiger partial charge is 0.768 e. The van der Waals surface area contributed by atoms with Crippen molar-refractivity contribution in [2.24, 2.45) is 0 Å². The second-order valence-electron chi connectivity index (χ2n) is 3.20. The molecule has 2 rings (SSSR count). The maximum absolute atomic E-state index is 10.7. The van der Waals surface area contributed by atoms with E-state index in [1.165, 1.54) is 0 Å². The van der Waals surface area contributed by atoms with Crippen molar-refractivity contribution in [2.45, 2.75) is 11.3 Å². The van der Waals surface area contributed by atoms with Crippen LogP contribution in [0, 0.1) is 0 Å². The Morgan fingerprint density at radius 2 is 2.31 bits per heavy atom. The Labute approximate surface area is 79.7 Å². The second-order valence-corrected chi connectivity index (χ2v) is 4.14. The van der Waals surface area contributed by atoms with Gasteiger partial charge in [0.15, 0.2) is 0 Å². The molecule has 1 aliphatic rings. The van der Waals surface area contributed by atoms with Gasteiger partial charge in [0.25, 0.3) is 0 Å². The van der Waals surface area contributed by atoms with Crippen LogP contribution in [0.2, 0.25) is 0 Å². The monoisotopic (exact) mass is 196 g/mol. The molecule has 0 aliphatic carbocycles. The fourth-order valence-corrected chi connectivity index (χ4v) is 2.06. The first-order valence-electron chi connectivity index (χ1n) is 4.12. The zero-order valence-corrected chi connectivity index (χ0v) is 8.13. The average molecular weight is 196 g/mol. The SMILES string of the molecule is CN1CCc2cc(S(=O)[O-])ccc21. The molecule has 0 saturated carbocycles. The van der Waals surface area contributed by atoms with Crippen molar-refractivity contribution < 1.29 is 8.76 Å². The van der Waals surface area contributed by atoms with Gasteiger partial charge in [-0.3, -0.25) is 4.21 Å². The first-order valence-corrected chi connectivity index (χ1v) is 5.19. The van der Waals surface area contributed by atoms with Gasteiger partial charge in [0.2, 0.25) is 0 Å². The Hall–Kier alpha value is -0.870. The first-order chi connectivity index (χ1) is 6.18. The zero-order valence-electron chi connectivity index (χ0n) is 7.32. The summed E-state index contributed by atoms with van der Waals surface area (Å²) >= 11 is -2.10. The smallest absolute Gasteiger partial charge is 0.0397 e. The third kappa shape index (κ3) is 1.47. The summed E-state index contributed by atoms with van der Waals surface area (Å²) in [6.45, 7) is 0.976. The van der Waals surface area contributed by atoms with Crippen molar-refractivity contribution in [1.82, 2.24) is 0 Å². The molecule has 1 aromatic rings. The zero-order chi connectivity index (χ0) is 9.42. The molecule has 0 spiro atoms. The molecule has 1 heterocycles. The molecule has 1 aliphatic heterocycles. The Balaban J connectivity index is 2.45. The molecule has 1 atom stereocenters. The molecule has 0 bridgehead atoms. The third-order valence-electron chi connectivity index (χ3n) is 2.37. The van der Waals surface area contributed by atoms with Crippen LogP contribution >= 0.6 is 0 Å². The van der Waals surface area contributed by atoms with E-state index in [1.54, 1.807) is 12.1 Å². The van der Waals surface area contributed by atoms with Gasteiger partial charge in [-0.05, 0) is 41.3 Å². The molecular weight excluding hydrogens is 186 g/mol. The lowest BCUT2D eigenvalue weighted by molar-refractivity contribution is 0.537. The van der Waals surface area contributed by atoms with Gasteiger partial charge in [0.05, 0.1) is 0 Å². The summed E-state index contributed by atoms with van der Waals surface area (Å²) in [5.74, 6) is 0. The molecular formula is C9H10NO2S-. The Bertz CT molecular complexity index is 365. The molecule has 3 nitrogen and oxygen atoms in total.